The predicted octanol–water partition coefficient (Wildman–Crippen LogP) is 2.99. The Morgan fingerprint density at radius 3 is 2.52 bits per heavy atom. The lowest BCUT2D eigenvalue weighted by molar-refractivity contribution is -0.120. The van der Waals surface area contributed by atoms with E-state index in [1.165, 1.54) is 0 Å². The lowest BCUT2D eigenvalue weighted by atomic mass is 10.1. The molecule has 2 amide bonds. The number of cyclic esters (lactones) is 1. The summed E-state index contributed by atoms with van der Waals surface area (Å²) in [5.41, 5.74) is 3.99. The molecule has 1 N–H and O–H groups in total. The number of amides is 2. The molecule has 0 radical (unpaired) electrons. The minimum atomic E-state index is -0.368. The summed E-state index contributed by atoms with van der Waals surface area (Å²) >= 11 is 0. The SMILES string of the molecule is Cc1cc(C)cc(N2CC(CNC(=O)Cc3ccccc3)OC2=O)c1. The van der Waals surface area contributed by atoms with Crippen molar-refractivity contribution in [1.82, 2.24) is 5.32 Å². The Hall–Kier alpha value is -2.82. The smallest absolute Gasteiger partial charge is 0.414 e. The minimum absolute atomic E-state index is 0.0768. The van der Waals surface area contributed by atoms with Gasteiger partial charge in [-0.25, -0.2) is 4.79 Å². The predicted molar refractivity (Wildman–Crippen MR) is 96.7 cm³/mol. The van der Waals surface area contributed by atoms with Crippen molar-refractivity contribution in [2.75, 3.05) is 18.0 Å². The first-order chi connectivity index (χ1) is 12.0. The molecule has 2 aromatic carbocycles. The molecule has 1 heterocycles. The third kappa shape index (κ3) is 4.38. The molecule has 3 rings (SSSR count). The number of nitrogens with one attached hydrogen (secondary N) is 1. The molecule has 5 heteroatoms. The second-order valence-electron chi connectivity index (χ2n) is 6.43. The summed E-state index contributed by atoms with van der Waals surface area (Å²) in [5.74, 6) is -0.0768. The normalized spacial score (nSPS) is 16.6. The summed E-state index contributed by atoms with van der Waals surface area (Å²) in [6.45, 7) is 4.75. The average Bonchev–Trinajstić information content (AvgIpc) is 2.94. The molecule has 1 aliphatic heterocycles. The Balaban J connectivity index is 1.55. The molecule has 0 bridgehead atoms. The molecule has 130 valence electrons. The van der Waals surface area contributed by atoms with E-state index in [0.29, 0.717) is 19.5 Å². The third-order valence-electron chi connectivity index (χ3n) is 4.13. The zero-order chi connectivity index (χ0) is 17.8. The lowest BCUT2D eigenvalue weighted by Crippen LogP contribution is -2.35. The fourth-order valence-corrected chi connectivity index (χ4v) is 3.02. The monoisotopic (exact) mass is 338 g/mol. The number of hydrogen-bond donors (Lipinski definition) is 1. The molecule has 1 unspecified atom stereocenters. The molecule has 1 atom stereocenters. The van der Waals surface area contributed by atoms with Gasteiger partial charge in [0.15, 0.2) is 0 Å². The number of aryl methyl sites for hydroxylation is 2. The van der Waals surface area contributed by atoms with Crippen LogP contribution in [0.4, 0.5) is 10.5 Å². The van der Waals surface area contributed by atoms with Crippen molar-refractivity contribution in [1.29, 1.82) is 0 Å². The molecular formula is C20H22N2O3. The van der Waals surface area contributed by atoms with Gasteiger partial charge in [0, 0.05) is 5.69 Å². The summed E-state index contributed by atoms with van der Waals surface area (Å²) < 4.78 is 5.38. The van der Waals surface area contributed by atoms with Crippen molar-refractivity contribution in [3.8, 4) is 0 Å². The fourth-order valence-electron chi connectivity index (χ4n) is 3.02. The summed E-state index contributed by atoms with van der Waals surface area (Å²) in [6, 6.07) is 15.5. The second-order valence-corrected chi connectivity index (χ2v) is 6.43. The first kappa shape index (κ1) is 17.0. The van der Waals surface area contributed by atoms with Gasteiger partial charge in [-0.05, 0) is 42.7 Å². The molecule has 1 aliphatic rings. The maximum absolute atomic E-state index is 12.1. The number of benzene rings is 2. The second kappa shape index (κ2) is 7.38. The highest BCUT2D eigenvalue weighted by Crippen LogP contribution is 2.24. The standard InChI is InChI=1S/C20H22N2O3/c1-14-8-15(2)10-17(9-14)22-13-18(25-20(22)24)12-21-19(23)11-16-6-4-3-5-7-16/h3-10,18H,11-13H2,1-2H3,(H,21,23). The van der Waals surface area contributed by atoms with E-state index in [9.17, 15) is 9.59 Å². The fraction of sp³-hybridized carbons (Fsp3) is 0.300. The average molecular weight is 338 g/mol. The zero-order valence-electron chi connectivity index (χ0n) is 14.5. The largest absolute Gasteiger partial charge is 0.442 e. The van der Waals surface area contributed by atoms with Crippen LogP contribution in [0.2, 0.25) is 0 Å². The van der Waals surface area contributed by atoms with Crippen LogP contribution in [-0.4, -0.2) is 31.2 Å². The Morgan fingerprint density at radius 2 is 1.84 bits per heavy atom. The van der Waals surface area contributed by atoms with Crippen molar-refractivity contribution < 1.29 is 14.3 Å². The first-order valence-corrected chi connectivity index (χ1v) is 8.38. The number of hydrogen-bond acceptors (Lipinski definition) is 3. The molecule has 0 spiro atoms. The highest BCUT2D eigenvalue weighted by Gasteiger charge is 2.32. The Kier molecular flexibility index (Phi) is 5.03. The molecular weight excluding hydrogens is 316 g/mol. The van der Waals surface area contributed by atoms with Crippen molar-refractivity contribution in [2.24, 2.45) is 0 Å². The van der Waals surface area contributed by atoms with E-state index < -0.39 is 0 Å². The van der Waals surface area contributed by atoms with Gasteiger partial charge in [0.05, 0.1) is 19.5 Å². The molecule has 1 saturated heterocycles. The topological polar surface area (TPSA) is 58.6 Å². The lowest BCUT2D eigenvalue weighted by Gasteiger charge is -2.14. The van der Waals surface area contributed by atoms with Crippen molar-refractivity contribution >= 4 is 17.7 Å². The van der Waals surface area contributed by atoms with E-state index in [1.807, 2.05) is 56.3 Å². The minimum Gasteiger partial charge on any atom is -0.442 e. The van der Waals surface area contributed by atoms with Crippen LogP contribution in [0.1, 0.15) is 16.7 Å². The third-order valence-corrected chi connectivity index (χ3v) is 4.13. The number of nitrogens with zero attached hydrogens (tertiary/aromatic N) is 1. The number of ether oxygens (including phenoxy) is 1. The number of carbonyl (C=O) groups is 2. The number of rotatable bonds is 5. The van der Waals surface area contributed by atoms with Crippen LogP contribution in [0.25, 0.3) is 0 Å². The van der Waals surface area contributed by atoms with Gasteiger partial charge in [-0.15, -0.1) is 0 Å². The highest BCUT2D eigenvalue weighted by molar-refractivity contribution is 5.90. The van der Waals surface area contributed by atoms with E-state index in [2.05, 4.69) is 11.4 Å². The highest BCUT2D eigenvalue weighted by atomic mass is 16.6. The van der Waals surface area contributed by atoms with E-state index in [0.717, 1.165) is 22.4 Å². The molecule has 0 saturated carbocycles. The van der Waals surface area contributed by atoms with Crippen molar-refractivity contribution in [3.05, 3.63) is 65.2 Å². The van der Waals surface area contributed by atoms with Crippen LogP contribution in [0.5, 0.6) is 0 Å². The summed E-state index contributed by atoms with van der Waals surface area (Å²) in [4.78, 5) is 25.8. The van der Waals surface area contributed by atoms with Gasteiger partial charge < -0.3 is 10.1 Å². The van der Waals surface area contributed by atoms with Gasteiger partial charge in [0.1, 0.15) is 6.10 Å². The van der Waals surface area contributed by atoms with Crippen LogP contribution in [0, 0.1) is 13.8 Å². The van der Waals surface area contributed by atoms with Gasteiger partial charge in [-0.3, -0.25) is 9.69 Å². The van der Waals surface area contributed by atoms with E-state index in [1.54, 1.807) is 4.90 Å². The molecule has 5 nitrogen and oxygen atoms in total. The quantitative estimate of drug-likeness (QED) is 0.912. The Bertz CT molecular complexity index is 754. The van der Waals surface area contributed by atoms with E-state index >= 15 is 0 Å². The van der Waals surface area contributed by atoms with Gasteiger partial charge in [-0.1, -0.05) is 36.4 Å². The summed E-state index contributed by atoms with van der Waals surface area (Å²) in [5, 5.41) is 2.85. The Morgan fingerprint density at radius 1 is 1.16 bits per heavy atom. The zero-order valence-corrected chi connectivity index (χ0v) is 14.5. The van der Waals surface area contributed by atoms with Gasteiger partial charge in [0.25, 0.3) is 0 Å². The van der Waals surface area contributed by atoms with Crippen molar-refractivity contribution in [3.63, 3.8) is 0 Å². The van der Waals surface area contributed by atoms with Crippen LogP contribution in [0.3, 0.4) is 0 Å². The number of anilines is 1. The van der Waals surface area contributed by atoms with E-state index in [4.69, 9.17) is 4.74 Å². The van der Waals surface area contributed by atoms with Crippen LogP contribution < -0.4 is 10.2 Å². The maximum atomic E-state index is 12.1. The van der Waals surface area contributed by atoms with E-state index in [-0.39, 0.29) is 18.1 Å². The summed E-state index contributed by atoms with van der Waals surface area (Å²) in [7, 11) is 0. The Labute approximate surface area is 147 Å². The van der Waals surface area contributed by atoms with Crippen molar-refractivity contribution in [2.45, 2.75) is 26.4 Å². The molecule has 0 aliphatic carbocycles. The van der Waals surface area contributed by atoms with Crippen LogP contribution >= 0.6 is 0 Å². The van der Waals surface area contributed by atoms with Gasteiger partial charge in [0.2, 0.25) is 5.91 Å². The van der Waals surface area contributed by atoms with Gasteiger partial charge >= 0.3 is 6.09 Å². The molecule has 25 heavy (non-hydrogen) atoms. The molecule has 2 aromatic rings. The molecule has 1 fully saturated rings. The van der Waals surface area contributed by atoms with Gasteiger partial charge in [-0.2, -0.15) is 0 Å². The first-order valence-electron chi connectivity index (χ1n) is 8.38. The number of carbonyl (C=O) groups excluding carboxylic acids is 2. The maximum Gasteiger partial charge on any atom is 0.414 e. The summed E-state index contributed by atoms with van der Waals surface area (Å²) in [6.07, 6.45) is -0.386. The van der Waals surface area contributed by atoms with Crippen LogP contribution in [-0.2, 0) is 16.0 Å². The van der Waals surface area contributed by atoms with Crippen LogP contribution in [0.15, 0.2) is 48.5 Å². The molecule has 0 aromatic heterocycles.